The third kappa shape index (κ3) is 3.67. The standard InChI is InChI=1S/C13H17NO6/c1-8(15)10-6-9(14(18)19)4-5-11(10)20-7-13(2,3)12(16)17/h4-6,8,15H,7H2,1-3H3,(H,16,17)/t8-/m0/s1. The first kappa shape index (κ1) is 15.9. The average molecular weight is 283 g/mol. The number of hydrogen-bond acceptors (Lipinski definition) is 5. The van der Waals surface area contributed by atoms with Crippen LogP contribution in [0.2, 0.25) is 0 Å². The average Bonchev–Trinajstić information content (AvgIpc) is 2.35. The van der Waals surface area contributed by atoms with Crippen molar-refractivity contribution in [2.45, 2.75) is 26.9 Å². The Morgan fingerprint density at radius 2 is 2.10 bits per heavy atom. The number of nitrogens with zero attached hydrogens (tertiary/aromatic N) is 1. The molecule has 7 heteroatoms. The van der Waals surface area contributed by atoms with Crippen LogP contribution < -0.4 is 4.74 Å². The minimum Gasteiger partial charge on any atom is -0.492 e. The molecule has 0 saturated heterocycles. The first-order valence-electron chi connectivity index (χ1n) is 5.98. The maximum Gasteiger partial charge on any atom is 0.312 e. The Kier molecular flexibility index (Phi) is 4.67. The van der Waals surface area contributed by atoms with E-state index in [4.69, 9.17) is 9.84 Å². The Bertz CT molecular complexity index is 524. The van der Waals surface area contributed by atoms with Crippen LogP contribution in [0.25, 0.3) is 0 Å². The second-order valence-electron chi connectivity index (χ2n) is 5.13. The van der Waals surface area contributed by atoms with Gasteiger partial charge in [0.1, 0.15) is 12.4 Å². The van der Waals surface area contributed by atoms with Gasteiger partial charge in [-0.15, -0.1) is 0 Å². The summed E-state index contributed by atoms with van der Waals surface area (Å²) < 4.78 is 5.40. The fraction of sp³-hybridized carbons (Fsp3) is 0.462. The molecule has 0 heterocycles. The summed E-state index contributed by atoms with van der Waals surface area (Å²) in [4.78, 5) is 21.1. The topological polar surface area (TPSA) is 110 Å². The molecular weight excluding hydrogens is 266 g/mol. The van der Waals surface area contributed by atoms with E-state index in [1.807, 2.05) is 0 Å². The number of aliphatic hydroxyl groups is 1. The second-order valence-corrected chi connectivity index (χ2v) is 5.13. The van der Waals surface area contributed by atoms with Crippen LogP contribution in [0.1, 0.15) is 32.4 Å². The number of non-ortho nitro benzene ring substituents is 1. The number of ether oxygens (including phenoxy) is 1. The maximum absolute atomic E-state index is 11.0. The van der Waals surface area contributed by atoms with Crippen molar-refractivity contribution in [3.05, 3.63) is 33.9 Å². The highest BCUT2D eigenvalue weighted by molar-refractivity contribution is 5.73. The van der Waals surface area contributed by atoms with Crippen molar-refractivity contribution in [2.24, 2.45) is 5.41 Å². The largest absolute Gasteiger partial charge is 0.492 e. The molecule has 110 valence electrons. The van der Waals surface area contributed by atoms with Gasteiger partial charge < -0.3 is 14.9 Å². The number of carbonyl (C=O) groups is 1. The zero-order chi connectivity index (χ0) is 15.5. The van der Waals surface area contributed by atoms with E-state index >= 15 is 0 Å². The minimum absolute atomic E-state index is 0.111. The lowest BCUT2D eigenvalue weighted by atomic mass is 9.95. The molecule has 0 aliphatic carbocycles. The van der Waals surface area contributed by atoms with Gasteiger partial charge in [-0.3, -0.25) is 14.9 Å². The van der Waals surface area contributed by atoms with Gasteiger partial charge in [-0.1, -0.05) is 0 Å². The number of aliphatic carboxylic acids is 1. The van der Waals surface area contributed by atoms with E-state index < -0.39 is 22.4 Å². The van der Waals surface area contributed by atoms with Crippen molar-refractivity contribution in [3.8, 4) is 5.75 Å². The zero-order valence-electron chi connectivity index (χ0n) is 11.5. The van der Waals surface area contributed by atoms with Crippen molar-refractivity contribution in [1.82, 2.24) is 0 Å². The third-order valence-electron chi connectivity index (χ3n) is 2.82. The molecule has 0 aliphatic rings. The SMILES string of the molecule is C[C@H](O)c1cc([N+](=O)[O-])ccc1OCC(C)(C)C(=O)O. The van der Waals surface area contributed by atoms with Gasteiger partial charge in [0.15, 0.2) is 0 Å². The summed E-state index contributed by atoms with van der Waals surface area (Å²) in [7, 11) is 0. The predicted molar refractivity (Wildman–Crippen MR) is 70.6 cm³/mol. The number of aliphatic hydroxyl groups excluding tert-OH is 1. The Morgan fingerprint density at radius 3 is 2.55 bits per heavy atom. The van der Waals surface area contributed by atoms with Gasteiger partial charge in [-0.2, -0.15) is 0 Å². The van der Waals surface area contributed by atoms with Crippen LogP contribution in [-0.4, -0.2) is 27.7 Å². The van der Waals surface area contributed by atoms with Crippen LogP contribution in [0, 0.1) is 15.5 Å². The number of benzene rings is 1. The summed E-state index contributed by atoms with van der Waals surface area (Å²) in [5, 5.41) is 29.3. The highest BCUT2D eigenvalue weighted by Gasteiger charge is 2.29. The maximum atomic E-state index is 11.0. The summed E-state index contributed by atoms with van der Waals surface area (Å²) in [6.45, 7) is 4.35. The number of hydrogen-bond donors (Lipinski definition) is 2. The molecule has 1 aromatic carbocycles. The van der Waals surface area contributed by atoms with Crippen LogP contribution in [0.15, 0.2) is 18.2 Å². The quantitative estimate of drug-likeness (QED) is 0.611. The molecule has 0 spiro atoms. The van der Waals surface area contributed by atoms with E-state index in [1.54, 1.807) is 0 Å². The minimum atomic E-state index is -1.10. The molecule has 7 nitrogen and oxygen atoms in total. The molecule has 0 radical (unpaired) electrons. The molecule has 0 amide bonds. The highest BCUT2D eigenvalue weighted by Crippen LogP contribution is 2.30. The van der Waals surface area contributed by atoms with Crippen LogP contribution in [0.3, 0.4) is 0 Å². The van der Waals surface area contributed by atoms with Crippen LogP contribution in [-0.2, 0) is 4.79 Å². The van der Waals surface area contributed by atoms with Crippen molar-refractivity contribution < 1.29 is 24.7 Å². The van der Waals surface area contributed by atoms with Crippen molar-refractivity contribution >= 4 is 11.7 Å². The summed E-state index contributed by atoms with van der Waals surface area (Å²) in [6, 6.07) is 3.82. The summed E-state index contributed by atoms with van der Waals surface area (Å²) >= 11 is 0. The van der Waals surface area contributed by atoms with Gasteiger partial charge in [0.05, 0.1) is 16.4 Å². The lowest BCUT2D eigenvalue weighted by Gasteiger charge is -2.21. The molecular formula is C13H17NO6. The molecule has 0 fully saturated rings. The van der Waals surface area contributed by atoms with Crippen molar-refractivity contribution in [2.75, 3.05) is 6.61 Å². The van der Waals surface area contributed by atoms with Gasteiger partial charge in [0, 0.05) is 17.7 Å². The van der Waals surface area contributed by atoms with Crippen LogP contribution in [0.5, 0.6) is 5.75 Å². The van der Waals surface area contributed by atoms with E-state index in [-0.39, 0.29) is 23.6 Å². The van der Waals surface area contributed by atoms with Crippen LogP contribution >= 0.6 is 0 Å². The molecule has 0 saturated carbocycles. The fourth-order valence-electron chi connectivity index (χ4n) is 1.43. The first-order valence-corrected chi connectivity index (χ1v) is 5.98. The van der Waals surface area contributed by atoms with E-state index in [0.717, 1.165) is 0 Å². The predicted octanol–water partition coefficient (Wildman–Crippen LogP) is 2.14. The molecule has 0 aromatic heterocycles. The molecule has 1 atom stereocenters. The number of rotatable bonds is 6. The van der Waals surface area contributed by atoms with Gasteiger partial charge in [0.25, 0.3) is 5.69 Å². The monoisotopic (exact) mass is 283 g/mol. The Morgan fingerprint density at radius 1 is 1.50 bits per heavy atom. The number of carboxylic acid groups (broad SMARTS) is 1. The van der Waals surface area contributed by atoms with Gasteiger partial charge in [0.2, 0.25) is 0 Å². The normalized spacial score (nSPS) is 12.8. The zero-order valence-corrected chi connectivity index (χ0v) is 11.5. The van der Waals surface area contributed by atoms with Gasteiger partial charge >= 0.3 is 5.97 Å². The Labute approximate surface area is 116 Å². The Balaban J connectivity index is 3.01. The van der Waals surface area contributed by atoms with E-state index in [2.05, 4.69) is 0 Å². The van der Waals surface area contributed by atoms with Crippen molar-refractivity contribution in [1.29, 1.82) is 0 Å². The lowest BCUT2D eigenvalue weighted by molar-refractivity contribution is -0.385. The third-order valence-corrected chi connectivity index (χ3v) is 2.82. The Hall–Kier alpha value is -2.15. The smallest absolute Gasteiger partial charge is 0.312 e. The molecule has 2 N–H and O–H groups in total. The fourth-order valence-corrected chi connectivity index (χ4v) is 1.43. The van der Waals surface area contributed by atoms with Gasteiger partial charge in [-0.05, 0) is 26.8 Å². The molecule has 0 unspecified atom stereocenters. The van der Waals surface area contributed by atoms with E-state index in [0.29, 0.717) is 0 Å². The number of nitro groups is 1. The second kappa shape index (κ2) is 5.87. The molecule has 0 bridgehead atoms. The summed E-state index contributed by atoms with van der Waals surface area (Å²) in [5.74, 6) is -0.780. The first-order chi connectivity index (χ1) is 9.15. The van der Waals surface area contributed by atoms with E-state index in [9.17, 15) is 20.0 Å². The number of nitro benzene ring substituents is 1. The summed E-state index contributed by atoms with van der Waals surface area (Å²) in [5.41, 5.74) is -1.01. The number of carboxylic acids is 1. The molecule has 1 aromatic rings. The van der Waals surface area contributed by atoms with Crippen molar-refractivity contribution in [3.63, 3.8) is 0 Å². The lowest BCUT2D eigenvalue weighted by Crippen LogP contribution is -2.30. The van der Waals surface area contributed by atoms with Crippen LogP contribution in [0.4, 0.5) is 5.69 Å². The molecule has 1 rings (SSSR count). The summed E-state index contributed by atoms with van der Waals surface area (Å²) in [6.07, 6.45) is -0.960. The molecule has 0 aliphatic heterocycles. The highest BCUT2D eigenvalue weighted by atomic mass is 16.6. The molecule has 20 heavy (non-hydrogen) atoms. The van der Waals surface area contributed by atoms with E-state index in [1.165, 1.54) is 39.0 Å². The van der Waals surface area contributed by atoms with Gasteiger partial charge in [-0.25, -0.2) is 0 Å².